The average molecular weight is 435 g/mol. The van der Waals surface area contributed by atoms with Gasteiger partial charge in [0.25, 0.3) is 5.91 Å². The minimum atomic E-state index is -0.173. The zero-order valence-electron chi connectivity index (χ0n) is 18.9. The fourth-order valence-corrected chi connectivity index (χ4v) is 4.53. The molecule has 1 saturated heterocycles. The number of amides is 1. The minimum Gasteiger partial charge on any atom is -0.493 e. The van der Waals surface area contributed by atoms with Gasteiger partial charge in [-0.15, -0.1) is 0 Å². The maximum Gasteiger partial charge on any atom is 0.251 e. The zero-order chi connectivity index (χ0) is 22.5. The average Bonchev–Trinajstić information content (AvgIpc) is 3.37. The summed E-state index contributed by atoms with van der Waals surface area (Å²) in [4.78, 5) is 15.6. The van der Waals surface area contributed by atoms with Gasteiger partial charge in [0, 0.05) is 12.1 Å². The number of likely N-dealkylation sites (tertiary alicyclic amines) is 1. The predicted molar refractivity (Wildman–Crippen MR) is 126 cm³/mol. The molecule has 1 amide bonds. The van der Waals surface area contributed by atoms with Gasteiger partial charge in [-0.05, 0) is 54.4 Å². The highest BCUT2D eigenvalue weighted by Crippen LogP contribution is 2.38. The fourth-order valence-electron chi connectivity index (χ4n) is 4.53. The van der Waals surface area contributed by atoms with Crippen molar-refractivity contribution in [3.05, 3.63) is 65.7 Å². The topological polar surface area (TPSA) is 60.0 Å². The Morgan fingerprint density at radius 1 is 0.938 bits per heavy atom. The van der Waals surface area contributed by atoms with Crippen molar-refractivity contribution < 1.29 is 19.0 Å². The molecule has 0 aliphatic carbocycles. The summed E-state index contributed by atoms with van der Waals surface area (Å²) < 4.78 is 16.2. The van der Waals surface area contributed by atoms with E-state index in [1.807, 2.05) is 0 Å². The Hall–Kier alpha value is -3.25. The molecule has 1 heterocycles. The molecule has 1 fully saturated rings. The van der Waals surface area contributed by atoms with Gasteiger partial charge in [-0.3, -0.25) is 9.69 Å². The normalized spacial score (nSPS) is 14.8. The minimum absolute atomic E-state index is 0.106. The molecule has 1 unspecified atom stereocenters. The summed E-state index contributed by atoms with van der Waals surface area (Å²) in [5.74, 6) is 1.22. The third-order valence-electron chi connectivity index (χ3n) is 6.15. The van der Waals surface area contributed by atoms with E-state index in [0.717, 1.165) is 13.1 Å². The van der Waals surface area contributed by atoms with Crippen molar-refractivity contribution in [1.29, 1.82) is 0 Å². The van der Waals surface area contributed by atoms with Crippen LogP contribution in [0.3, 0.4) is 0 Å². The Balaban J connectivity index is 1.61. The number of methoxy groups -OCH3 is 3. The lowest BCUT2D eigenvalue weighted by atomic mass is 9.97. The standard InChI is InChI=1S/C26H30N2O4/c1-30-23-15-19(16-24(31-2)25(23)32-3)26(29)27-17-22(28-13-6-7-14-28)21-12-8-10-18-9-4-5-11-20(18)21/h4-5,8-12,15-16,22H,6-7,13-14,17H2,1-3H3,(H,27,29). The molecule has 1 atom stereocenters. The fraction of sp³-hybridized carbons (Fsp3) is 0.346. The summed E-state index contributed by atoms with van der Waals surface area (Å²) >= 11 is 0. The number of nitrogens with one attached hydrogen (secondary N) is 1. The number of hydrogen-bond donors (Lipinski definition) is 1. The Morgan fingerprint density at radius 2 is 1.59 bits per heavy atom. The Bertz CT molecular complexity index is 1060. The molecule has 3 aromatic rings. The summed E-state index contributed by atoms with van der Waals surface area (Å²) in [7, 11) is 4.64. The third kappa shape index (κ3) is 4.36. The van der Waals surface area contributed by atoms with Crippen LogP contribution in [0.15, 0.2) is 54.6 Å². The van der Waals surface area contributed by atoms with E-state index >= 15 is 0 Å². The lowest BCUT2D eigenvalue weighted by molar-refractivity contribution is 0.0937. The van der Waals surface area contributed by atoms with Crippen molar-refractivity contribution in [1.82, 2.24) is 10.2 Å². The zero-order valence-corrected chi connectivity index (χ0v) is 18.9. The quantitative estimate of drug-likeness (QED) is 0.568. The SMILES string of the molecule is COc1cc(C(=O)NCC(c2cccc3ccccc23)N2CCCC2)cc(OC)c1OC. The first kappa shape index (κ1) is 22.0. The van der Waals surface area contributed by atoms with Gasteiger partial charge in [-0.25, -0.2) is 0 Å². The van der Waals surface area contributed by atoms with E-state index in [9.17, 15) is 4.79 Å². The van der Waals surface area contributed by atoms with Crippen molar-refractivity contribution in [3.63, 3.8) is 0 Å². The number of nitrogens with zero attached hydrogens (tertiary/aromatic N) is 1. The van der Waals surface area contributed by atoms with Crippen LogP contribution in [0.25, 0.3) is 10.8 Å². The van der Waals surface area contributed by atoms with Crippen LogP contribution < -0.4 is 19.5 Å². The van der Waals surface area contributed by atoms with Crippen molar-refractivity contribution in [3.8, 4) is 17.2 Å². The van der Waals surface area contributed by atoms with Crippen molar-refractivity contribution in [2.75, 3.05) is 41.0 Å². The van der Waals surface area contributed by atoms with Gasteiger partial charge >= 0.3 is 0 Å². The smallest absolute Gasteiger partial charge is 0.251 e. The molecule has 4 rings (SSSR count). The number of ether oxygens (including phenoxy) is 3. The highest BCUT2D eigenvalue weighted by atomic mass is 16.5. The van der Waals surface area contributed by atoms with Gasteiger partial charge < -0.3 is 19.5 Å². The molecule has 1 aliphatic rings. The van der Waals surface area contributed by atoms with Crippen LogP contribution in [-0.4, -0.2) is 51.8 Å². The van der Waals surface area contributed by atoms with Crippen LogP contribution in [0.1, 0.15) is 34.8 Å². The van der Waals surface area contributed by atoms with Crippen molar-refractivity contribution in [2.24, 2.45) is 0 Å². The molecule has 0 saturated carbocycles. The molecule has 0 radical (unpaired) electrons. The summed E-state index contributed by atoms with van der Waals surface area (Å²) in [5, 5.41) is 5.59. The number of carbonyl (C=O) groups excluding carboxylic acids is 1. The summed E-state index contributed by atoms with van der Waals surface area (Å²) in [5.41, 5.74) is 1.72. The number of benzene rings is 3. The second-order valence-corrected chi connectivity index (χ2v) is 7.95. The molecule has 0 spiro atoms. The Kier molecular flexibility index (Phi) is 6.81. The maximum absolute atomic E-state index is 13.1. The number of hydrogen-bond acceptors (Lipinski definition) is 5. The van der Waals surface area contributed by atoms with Crippen LogP contribution in [0.2, 0.25) is 0 Å². The van der Waals surface area contributed by atoms with E-state index in [1.54, 1.807) is 33.5 Å². The van der Waals surface area contributed by atoms with E-state index in [2.05, 4.69) is 52.7 Å². The molecule has 6 nitrogen and oxygen atoms in total. The number of carbonyl (C=O) groups is 1. The van der Waals surface area contributed by atoms with Crippen molar-refractivity contribution in [2.45, 2.75) is 18.9 Å². The highest BCUT2D eigenvalue weighted by molar-refractivity contribution is 5.95. The summed E-state index contributed by atoms with van der Waals surface area (Å²) in [6.07, 6.45) is 2.37. The third-order valence-corrected chi connectivity index (χ3v) is 6.15. The summed E-state index contributed by atoms with van der Waals surface area (Å²) in [6.45, 7) is 2.59. The van der Waals surface area contributed by atoms with Crippen molar-refractivity contribution >= 4 is 16.7 Å². The van der Waals surface area contributed by atoms with Gasteiger partial charge in [-0.1, -0.05) is 42.5 Å². The molecule has 32 heavy (non-hydrogen) atoms. The predicted octanol–water partition coefficient (Wildman–Crippen LogP) is 4.43. The van der Waals surface area contributed by atoms with Gasteiger partial charge in [0.2, 0.25) is 5.75 Å². The molecule has 0 aromatic heterocycles. The van der Waals surface area contributed by atoms with E-state index in [-0.39, 0.29) is 11.9 Å². The van der Waals surface area contributed by atoms with Crippen LogP contribution in [-0.2, 0) is 0 Å². The van der Waals surface area contributed by atoms with Gasteiger partial charge in [0.1, 0.15) is 0 Å². The van der Waals surface area contributed by atoms with E-state index < -0.39 is 0 Å². The van der Waals surface area contributed by atoms with Gasteiger partial charge in [0.15, 0.2) is 11.5 Å². The molecule has 168 valence electrons. The van der Waals surface area contributed by atoms with E-state index in [1.165, 1.54) is 29.2 Å². The lowest BCUT2D eigenvalue weighted by Gasteiger charge is -2.29. The van der Waals surface area contributed by atoms with Crippen LogP contribution in [0.5, 0.6) is 17.2 Å². The molecule has 1 aliphatic heterocycles. The molecule has 1 N–H and O–H groups in total. The Labute approximate surface area is 189 Å². The first-order valence-electron chi connectivity index (χ1n) is 11.0. The monoisotopic (exact) mass is 434 g/mol. The number of rotatable bonds is 8. The van der Waals surface area contributed by atoms with Gasteiger partial charge in [0.05, 0.1) is 27.4 Å². The molecular formula is C26H30N2O4. The second kappa shape index (κ2) is 9.92. The summed E-state index contributed by atoms with van der Waals surface area (Å²) in [6, 6.07) is 18.3. The molecule has 6 heteroatoms. The second-order valence-electron chi connectivity index (χ2n) is 7.95. The van der Waals surface area contributed by atoms with Crippen LogP contribution in [0.4, 0.5) is 0 Å². The Morgan fingerprint density at radius 3 is 2.25 bits per heavy atom. The number of fused-ring (bicyclic) bond motifs is 1. The van der Waals surface area contributed by atoms with Gasteiger partial charge in [-0.2, -0.15) is 0 Å². The molecule has 0 bridgehead atoms. The molecular weight excluding hydrogens is 404 g/mol. The molecule has 3 aromatic carbocycles. The van der Waals surface area contributed by atoms with Crippen LogP contribution in [0, 0.1) is 0 Å². The first-order valence-corrected chi connectivity index (χ1v) is 11.0. The van der Waals surface area contributed by atoms with E-state index in [0.29, 0.717) is 29.4 Å². The maximum atomic E-state index is 13.1. The lowest BCUT2D eigenvalue weighted by Crippen LogP contribution is -2.37. The first-order chi connectivity index (χ1) is 15.7. The van der Waals surface area contributed by atoms with E-state index in [4.69, 9.17) is 14.2 Å². The highest BCUT2D eigenvalue weighted by Gasteiger charge is 2.26. The van der Waals surface area contributed by atoms with Crippen LogP contribution >= 0.6 is 0 Å². The largest absolute Gasteiger partial charge is 0.493 e.